The van der Waals surface area contributed by atoms with Crippen LogP contribution in [0, 0.1) is 0 Å². The van der Waals surface area contributed by atoms with Crippen molar-refractivity contribution in [2.75, 3.05) is 26.3 Å². The van der Waals surface area contributed by atoms with Crippen LogP contribution in [0.1, 0.15) is 32.3 Å². The molecule has 0 aliphatic carbocycles. The molecule has 1 aromatic rings. The van der Waals surface area contributed by atoms with Gasteiger partial charge >= 0.3 is 12.1 Å². The van der Waals surface area contributed by atoms with E-state index in [-0.39, 0.29) is 12.1 Å². The van der Waals surface area contributed by atoms with Crippen LogP contribution in [-0.2, 0) is 19.7 Å². The van der Waals surface area contributed by atoms with E-state index in [4.69, 9.17) is 9.47 Å². The summed E-state index contributed by atoms with van der Waals surface area (Å²) in [5.74, 6) is -0.204. The first-order chi connectivity index (χ1) is 10.6. The third kappa shape index (κ3) is 3.24. The summed E-state index contributed by atoms with van der Waals surface area (Å²) in [7, 11) is 0. The smallest absolute Gasteiger partial charge is 0.409 e. The number of hydrogen-bond acceptors (Lipinski definition) is 4. The molecule has 2 rings (SSSR count). The average Bonchev–Trinajstić information content (AvgIpc) is 2.56. The molecule has 0 aromatic heterocycles. The molecule has 120 valence electrons. The monoisotopic (exact) mass is 305 g/mol. The minimum atomic E-state index is -0.666. The number of benzene rings is 1. The molecule has 5 heteroatoms. The van der Waals surface area contributed by atoms with Gasteiger partial charge in [0, 0.05) is 13.1 Å². The Labute approximate surface area is 131 Å². The number of nitrogens with zero attached hydrogens (tertiary/aromatic N) is 1. The predicted octanol–water partition coefficient (Wildman–Crippen LogP) is 2.74. The van der Waals surface area contributed by atoms with Crippen molar-refractivity contribution in [2.45, 2.75) is 32.1 Å². The number of carbonyl (C=O) groups excluding carboxylic acids is 2. The van der Waals surface area contributed by atoms with Crippen molar-refractivity contribution in [3.05, 3.63) is 35.9 Å². The van der Waals surface area contributed by atoms with Crippen LogP contribution >= 0.6 is 0 Å². The average molecular weight is 305 g/mol. The molecule has 22 heavy (non-hydrogen) atoms. The third-order valence-corrected chi connectivity index (χ3v) is 4.14. The summed E-state index contributed by atoms with van der Waals surface area (Å²) in [6, 6.07) is 9.69. The van der Waals surface area contributed by atoms with Crippen LogP contribution in [0.4, 0.5) is 4.79 Å². The Bertz CT molecular complexity index is 507. The number of ether oxygens (including phenoxy) is 2. The van der Waals surface area contributed by atoms with E-state index < -0.39 is 5.41 Å². The van der Waals surface area contributed by atoms with Gasteiger partial charge in [0.25, 0.3) is 0 Å². The van der Waals surface area contributed by atoms with E-state index in [1.54, 1.807) is 11.8 Å². The van der Waals surface area contributed by atoms with Gasteiger partial charge in [0.1, 0.15) is 0 Å². The minimum Gasteiger partial charge on any atom is -0.465 e. The van der Waals surface area contributed by atoms with Crippen LogP contribution in [0.5, 0.6) is 0 Å². The largest absolute Gasteiger partial charge is 0.465 e. The van der Waals surface area contributed by atoms with Crippen molar-refractivity contribution in [1.82, 2.24) is 4.90 Å². The lowest BCUT2D eigenvalue weighted by molar-refractivity contribution is -0.152. The lowest BCUT2D eigenvalue weighted by atomic mass is 9.73. The van der Waals surface area contributed by atoms with Gasteiger partial charge in [-0.05, 0) is 32.3 Å². The molecule has 0 N–H and O–H groups in total. The Morgan fingerprint density at radius 1 is 1.05 bits per heavy atom. The molecule has 0 bridgehead atoms. The molecular weight excluding hydrogens is 282 g/mol. The zero-order chi connectivity index (χ0) is 16.0. The normalized spacial score (nSPS) is 16.9. The highest BCUT2D eigenvalue weighted by molar-refractivity contribution is 5.84. The zero-order valence-corrected chi connectivity index (χ0v) is 13.2. The van der Waals surface area contributed by atoms with Gasteiger partial charge < -0.3 is 14.4 Å². The van der Waals surface area contributed by atoms with Crippen LogP contribution in [0.15, 0.2) is 30.3 Å². The van der Waals surface area contributed by atoms with E-state index in [0.29, 0.717) is 39.1 Å². The SMILES string of the molecule is CCOC(=O)N1CCC(C(=O)OCC)(c2ccccc2)CC1. The zero-order valence-electron chi connectivity index (χ0n) is 13.2. The number of amides is 1. The summed E-state index contributed by atoms with van der Waals surface area (Å²) in [4.78, 5) is 26.1. The van der Waals surface area contributed by atoms with E-state index in [9.17, 15) is 9.59 Å². The van der Waals surface area contributed by atoms with Crippen LogP contribution < -0.4 is 0 Å². The highest BCUT2D eigenvalue weighted by Gasteiger charge is 2.45. The van der Waals surface area contributed by atoms with E-state index in [1.165, 1.54) is 0 Å². The standard InChI is InChI=1S/C17H23NO4/c1-3-21-15(19)17(14-8-6-5-7-9-14)10-12-18(13-11-17)16(20)22-4-2/h5-9H,3-4,10-13H2,1-2H3. The lowest BCUT2D eigenvalue weighted by Gasteiger charge is -2.39. The van der Waals surface area contributed by atoms with E-state index in [2.05, 4.69) is 0 Å². The lowest BCUT2D eigenvalue weighted by Crippen LogP contribution is -2.49. The molecule has 1 fully saturated rings. The summed E-state index contributed by atoms with van der Waals surface area (Å²) in [6.45, 7) is 5.30. The third-order valence-electron chi connectivity index (χ3n) is 4.14. The Hall–Kier alpha value is -2.04. The molecule has 1 saturated heterocycles. The molecule has 1 aliphatic heterocycles. The summed E-state index contributed by atoms with van der Waals surface area (Å²) in [5.41, 5.74) is 0.289. The van der Waals surface area contributed by atoms with Crippen LogP contribution in [-0.4, -0.2) is 43.3 Å². The summed E-state index contributed by atoms with van der Waals surface area (Å²) in [6.07, 6.45) is 0.788. The van der Waals surface area contributed by atoms with E-state index >= 15 is 0 Å². The molecule has 5 nitrogen and oxygen atoms in total. The summed E-state index contributed by atoms with van der Waals surface area (Å²) in [5, 5.41) is 0. The Kier molecular flexibility index (Phi) is 5.41. The molecule has 1 aromatic carbocycles. The van der Waals surface area contributed by atoms with Crippen molar-refractivity contribution in [3.63, 3.8) is 0 Å². The van der Waals surface area contributed by atoms with Crippen molar-refractivity contribution >= 4 is 12.1 Å². The fourth-order valence-electron chi connectivity index (χ4n) is 2.92. The number of rotatable bonds is 4. The molecule has 0 saturated carbocycles. The molecule has 1 amide bonds. The van der Waals surface area contributed by atoms with Gasteiger partial charge in [-0.25, -0.2) is 4.79 Å². The topological polar surface area (TPSA) is 55.8 Å². The number of hydrogen-bond donors (Lipinski definition) is 0. The predicted molar refractivity (Wildman–Crippen MR) is 82.6 cm³/mol. The first kappa shape index (κ1) is 16.3. The fraction of sp³-hybridized carbons (Fsp3) is 0.529. The maximum atomic E-state index is 12.6. The van der Waals surface area contributed by atoms with Crippen molar-refractivity contribution in [2.24, 2.45) is 0 Å². The van der Waals surface area contributed by atoms with E-state index in [0.717, 1.165) is 5.56 Å². The summed E-state index contributed by atoms with van der Waals surface area (Å²) < 4.78 is 10.3. The van der Waals surface area contributed by atoms with E-state index in [1.807, 2.05) is 37.3 Å². The number of likely N-dealkylation sites (tertiary alicyclic amines) is 1. The van der Waals surface area contributed by atoms with Gasteiger partial charge in [0.15, 0.2) is 0 Å². The summed E-state index contributed by atoms with van der Waals surface area (Å²) >= 11 is 0. The highest BCUT2D eigenvalue weighted by Crippen LogP contribution is 2.37. The van der Waals surface area contributed by atoms with Gasteiger partial charge in [-0.2, -0.15) is 0 Å². The molecule has 1 heterocycles. The molecule has 0 spiro atoms. The molecule has 0 radical (unpaired) electrons. The van der Waals surface area contributed by atoms with Crippen molar-refractivity contribution < 1.29 is 19.1 Å². The second-order valence-electron chi connectivity index (χ2n) is 5.35. The van der Waals surface area contributed by atoms with Gasteiger partial charge in [-0.15, -0.1) is 0 Å². The van der Waals surface area contributed by atoms with Gasteiger partial charge in [-0.3, -0.25) is 4.79 Å². The molecule has 1 aliphatic rings. The Morgan fingerprint density at radius 2 is 1.64 bits per heavy atom. The van der Waals surface area contributed by atoms with Crippen LogP contribution in [0.3, 0.4) is 0 Å². The van der Waals surface area contributed by atoms with Gasteiger partial charge in [0.2, 0.25) is 0 Å². The fourth-order valence-corrected chi connectivity index (χ4v) is 2.92. The Morgan fingerprint density at radius 3 is 2.18 bits per heavy atom. The van der Waals surface area contributed by atoms with Crippen LogP contribution in [0.2, 0.25) is 0 Å². The minimum absolute atomic E-state index is 0.204. The number of carbonyl (C=O) groups is 2. The molecule has 0 unspecified atom stereocenters. The second kappa shape index (κ2) is 7.29. The first-order valence-corrected chi connectivity index (χ1v) is 7.78. The van der Waals surface area contributed by atoms with Crippen molar-refractivity contribution in [1.29, 1.82) is 0 Å². The highest BCUT2D eigenvalue weighted by atomic mass is 16.6. The number of piperidine rings is 1. The number of esters is 1. The van der Waals surface area contributed by atoms with Crippen molar-refractivity contribution in [3.8, 4) is 0 Å². The maximum absolute atomic E-state index is 12.6. The molecule has 0 atom stereocenters. The van der Waals surface area contributed by atoms with Crippen LogP contribution in [0.25, 0.3) is 0 Å². The second-order valence-corrected chi connectivity index (χ2v) is 5.35. The molecular formula is C17H23NO4. The van der Waals surface area contributed by atoms with Gasteiger partial charge in [0.05, 0.1) is 18.6 Å². The maximum Gasteiger partial charge on any atom is 0.409 e. The first-order valence-electron chi connectivity index (χ1n) is 7.78. The van der Waals surface area contributed by atoms with Gasteiger partial charge in [-0.1, -0.05) is 30.3 Å². The quantitative estimate of drug-likeness (QED) is 0.803. The Balaban J connectivity index is 2.19.